The predicted octanol–water partition coefficient (Wildman–Crippen LogP) is 8.05. The van der Waals surface area contributed by atoms with Gasteiger partial charge in [-0.05, 0) is 123 Å². The maximum atomic E-state index is 13.0. The zero-order chi connectivity index (χ0) is 27.2. The molecular weight excluding hydrogens is 460 g/mol. The van der Waals surface area contributed by atoms with Gasteiger partial charge in [-0.25, -0.2) is 0 Å². The Hall–Kier alpha value is -1.32. The van der Waals surface area contributed by atoms with E-state index < -0.39 is 11.4 Å². The summed E-state index contributed by atoms with van der Waals surface area (Å²) in [6.07, 6.45) is 13.2. The second kappa shape index (κ2) is 8.34. The van der Waals surface area contributed by atoms with Crippen molar-refractivity contribution in [3.05, 3.63) is 11.6 Å². The Labute approximate surface area is 225 Å². The molecule has 5 rings (SSSR count). The minimum atomic E-state index is -0.615. The molecule has 0 aromatic heterocycles. The zero-order valence-corrected chi connectivity index (χ0v) is 24.8. The summed E-state index contributed by atoms with van der Waals surface area (Å²) < 4.78 is 5.55. The van der Waals surface area contributed by atoms with Crippen LogP contribution < -0.4 is 0 Å². The summed E-state index contributed by atoms with van der Waals surface area (Å²) >= 11 is 0. The average Bonchev–Trinajstić information content (AvgIpc) is 2.80. The highest BCUT2D eigenvalue weighted by atomic mass is 16.5. The number of hydrogen-bond donors (Lipinski definition) is 1. The van der Waals surface area contributed by atoms with Gasteiger partial charge >= 0.3 is 11.9 Å². The number of aliphatic carboxylic acids is 1. The highest BCUT2D eigenvalue weighted by molar-refractivity contribution is 5.74. The molecule has 0 heterocycles. The van der Waals surface area contributed by atoms with Gasteiger partial charge in [-0.3, -0.25) is 9.59 Å². The monoisotopic (exact) mass is 512 g/mol. The van der Waals surface area contributed by atoms with Gasteiger partial charge in [0.15, 0.2) is 0 Å². The van der Waals surface area contributed by atoms with Crippen molar-refractivity contribution in [2.24, 2.45) is 56.2 Å². The summed E-state index contributed by atoms with van der Waals surface area (Å²) in [6, 6.07) is 0. The van der Waals surface area contributed by atoms with Gasteiger partial charge in [0.05, 0.1) is 17.9 Å². The lowest BCUT2D eigenvalue weighted by Gasteiger charge is -2.71. The summed E-state index contributed by atoms with van der Waals surface area (Å²) in [5.41, 5.74) is 1.68. The van der Waals surface area contributed by atoms with Gasteiger partial charge in [0.25, 0.3) is 0 Å². The first-order chi connectivity index (χ1) is 17.1. The van der Waals surface area contributed by atoms with E-state index in [0.29, 0.717) is 24.4 Å². The number of esters is 1. The fourth-order valence-corrected chi connectivity index (χ4v) is 11.2. The predicted molar refractivity (Wildman–Crippen MR) is 147 cm³/mol. The summed E-state index contributed by atoms with van der Waals surface area (Å²) in [4.78, 5) is 25.3. The first kappa shape index (κ1) is 27.3. The van der Waals surface area contributed by atoms with E-state index in [1.165, 1.54) is 25.7 Å². The van der Waals surface area contributed by atoms with Crippen LogP contribution in [0.15, 0.2) is 11.6 Å². The second-order valence-corrected chi connectivity index (χ2v) is 15.7. The van der Waals surface area contributed by atoms with Gasteiger partial charge in [0.2, 0.25) is 0 Å². The van der Waals surface area contributed by atoms with Crippen molar-refractivity contribution in [2.45, 2.75) is 120 Å². The number of carboxylic acids is 1. The number of allylic oxidation sites excluding steroid dienone is 2. The van der Waals surface area contributed by atoms with Crippen molar-refractivity contribution in [2.75, 3.05) is 6.61 Å². The molecule has 0 bridgehead atoms. The van der Waals surface area contributed by atoms with Crippen LogP contribution in [0.25, 0.3) is 0 Å². The van der Waals surface area contributed by atoms with Crippen molar-refractivity contribution in [3.8, 4) is 0 Å². The first-order valence-corrected chi connectivity index (χ1v) is 15.2. The van der Waals surface area contributed by atoms with Crippen LogP contribution in [-0.2, 0) is 14.3 Å². The molecule has 1 N–H and O–H groups in total. The molecule has 0 aromatic rings. The number of carboxylic acid groups (broad SMARTS) is 1. The van der Waals surface area contributed by atoms with E-state index in [-0.39, 0.29) is 39.0 Å². The maximum absolute atomic E-state index is 13.0. The van der Waals surface area contributed by atoms with E-state index in [1.807, 2.05) is 13.8 Å². The molecule has 0 aliphatic heterocycles. The molecule has 5 aliphatic carbocycles. The normalized spacial score (nSPS) is 50.4. The van der Waals surface area contributed by atoms with E-state index in [4.69, 9.17) is 4.74 Å². The molecule has 4 saturated carbocycles. The number of ether oxygens (including phenoxy) is 1. The number of rotatable bonds is 3. The summed E-state index contributed by atoms with van der Waals surface area (Å²) in [5, 5.41) is 10.1. The lowest BCUT2D eigenvalue weighted by atomic mass is 9.33. The molecule has 4 fully saturated rings. The van der Waals surface area contributed by atoms with Crippen LogP contribution in [0, 0.1) is 56.2 Å². The second-order valence-electron chi connectivity index (χ2n) is 15.7. The highest BCUT2D eigenvalue weighted by Gasteiger charge is 2.68. The summed E-state index contributed by atoms with van der Waals surface area (Å²) in [6.45, 7) is 19.2. The topological polar surface area (TPSA) is 63.6 Å². The lowest BCUT2D eigenvalue weighted by Crippen LogP contribution is -2.64. The minimum absolute atomic E-state index is 0.00557. The van der Waals surface area contributed by atoms with Crippen LogP contribution in [0.5, 0.6) is 0 Å². The third-order valence-electron chi connectivity index (χ3n) is 14.0. The van der Waals surface area contributed by atoms with E-state index in [1.54, 1.807) is 5.57 Å². The third-order valence-corrected chi connectivity index (χ3v) is 14.0. The van der Waals surface area contributed by atoms with E-state index >= 15 is 0 Å². The molecule has 0 saturated heterocycles. The van der Waals surface area contributed by atoms with E-state index in [9.17, 15) is 14.7 Å². The largest absolute Gasteiger partial charge is 0.481 e. The Bertz CT molecular complexity index is 1010. The van der Waals surface area contributed by atoms with E-state index in [0.717, 1.165) is 38.5 Å². The smallest absolute Gasteiger partial charge is 0.309 e. The molecule has 4 nitrogen and oxygen atoms in total. The molecule has 0 amide bonds. The Balaban J connectivity index is 1.52. The van der Waals surface area contributed by atoms with Gasteiger partial charge in [-0.1, -0.05) is 53.2 Å². The molecule has 0 aromatic carbocycles. The third kappa shape index (κ3) is 3.51. The standard InChI is InChI=1S/C33H52O4/c1-9-37-26(34)22-12-14-31(6)24(28(22,2)3)13-15-33(8)25(31)11-10-21-23-20-30(5,27(35)36)17-16-29(23,4)18-19-32(21,33)7/h10,22-25H,9,11-20H2,1-8H3,(H,35,36)/t22-,23+,24?,25?,29-,30?,31+,32-,33-/m1/s1. The van der Waals surface area contributed by atoms with Crippen LogP contribution >= 0.6 is 0 Å². The Morgan fingerprint density at radius 1 is 0.919 bits per heavy atom. The van der Waals surface area contributed by atoms with Crippen molar-refractivity contribution < 1.29 is 19.4 Å². The van der Waals surface area contributed by atoms with Crippen molar-refractivity contribution in [1.82, 2.24) is 0 Å². The molecule has 37 heavy (non-hydrogen) atoms. The number of fused-ring (bicyclic) bond motifs is 7. The van der Waals surface area contributed by atoms with Crippen LogP contribution in [0.1, 0.15) is 120 Å². The Morgan fingerprint density at radius 3 is 2.24 bits per heavy atom. The molecule has 5 aliphatic rings. The number of carbonyl (C=O) groups excluding carboxylic acids is 1. The molecule has 3 unspecified atom stereocenters. The van der Waals surface area contributed by atoms with Gasteiger partial charge in [0, 0.05) is 0 Å². The molecule has 4 heteroatoms. The van der Waals surface area contributed by atoms with Gasteiger partial charge in [-0.15, -0.1) is 0 Å². The van der Waals surface area contributed by atoms with Gasteiger partial charge in [-0.2, -0.15) is 0 Å². The summed E-state index contributed by atoms with van der Waals surface area (Å²) in [7, 11) is 0. The molecule has 208 valence electrons. The molecule has 9 atom stereocenters. The van der Waals surface area contributed by atoms with Gasteiger partial charge < -0.3 is 9.84 Å². The van der Waals surface area contributed by atoms with Crippen LogP contribution in [0.2, 0.25) is 0 Å². The van der Waals surface area contributed by atoms with Crippen LogP contribution in [0.3, 0.4) is 0 Å². The average molecular weight is 513 g/mol. The maximum Gasteiger partial charge on any atom is 0.309 e. The van der Waals surface area contributed by atoms with Crippen molar-refractivity contribution >= 4 is 11.9 Å². The van der Waals surface area contributed by atoms with Crippen molar-refractivity contribution in [3.63, 3.8) is 0 Å². The van der Waals surface area contributed by atoms with Crippen molar-refractivity contribution in [1.29, 1.82) is 0 Å². The zero-order valence-electron chi connectivity index (χ0n) is 24.8. The van der Waals surface area contributed by atoms with Gasteiger partial charge in [0.1, 0.15) is 0 Å². The Kier molecular flexibility index (Phi) is 6.14. The lowest BCUT2D eigenvalue weighted by molar-refractivity contribution is -0.200. The number of hydrogen-bond acceptors (Lipinski definition) is 3. The molecule has 0 radical (unpaired) electrons. The fraction of sp³-hybridized carbons (Fsp3) is 0.879. The SMILES string of the molecule is CCOC(=O)[C@H]1CC[C@@]2(C)C(CC[C@]3(C)C2CC=C2[C@@H]4CC(C)(C(=O)O)CC[C@]4(C)CC[C@]23C)C1(C)C. The van der Waals surface area contributed by atoms with Crippen LogP contribution in [-0.4, -0.2) is 23.7 Å². The fourth-order valence-electron chi connectivity index (χ4n) is 11.2. The first-order valence-electron chi connectivity index (χ1n) is 15.2. The van der Waals surface area contributed by atoms with E-state index in [2.05, 4.69) is 47.6 Å². The highest BCUT2D eigenvalue weighted by Crippen LogP contribution is 2.76. The molecular formula is C33H52O4. The minimum Gasteiger partial charge on any atom is -0.481 e. The quantitative estimate of drug-likeness (QED) is 0.307. The number of carbonyl (C=O) groups is 2. The Morgan fingerprint density at radius 2 is 1.59 bits per heavy atom. The molecule has 0 spiro atoms. The van der Waals surface area contributed by atoms with Crippen LogP contribution in [0.4, 0.5) is 0 Å². The summed E-state index contributed by atoms with van der Waals surface area (Å²) in [5.74, 6) is 0.862.